The van der Waals surface area contributed by atoms with E-state index >= 15 is 0 Å². The normalized spacial score (nSPS) is 10.9. The minimum atomic E-state index is 0. The molecule has 0 N–H and O–H groups in total. The molecule has 0 amide bonds. The van der Waals surface area contributed by atoms with Crippen LogP contribution in [0.3, 0.4) is 0 Å². The maximum atomic E-state index is 5.67. The number of unbranched alkanes of at least 4 members (excludes halogenated alkanes) is 1. The Bertz CT molecular complexity index is 779. The molecule has 0 aliphatic heterocycles. The lowest BCUT2D eigenvalue weighted by Gasteiger charge is -2.09. The Morgan fingerprint density at radius 1 is 1.14 bits per heavy atom. The zero-order valence-corrected chi connectivity index (χ0v) is 15.1. The molecule has 3 aromatic rings. The highest BCUT2D eigenvalue weighted by molar-refractivity contribution is 8.93. The third-order valence-corrected chi connectivity index (χ3v) is 3.97. The average molecular weight is 363 g/mol. The molecule has 4 heteroatoms. The summed E-state index contributed by atoms with van der Waals surface area (Å²) in [6.45, 7) is 8.06. The van der Waals surface area contributed by atoms with Crippen molar-refractivity contribution in [3.8, 4) is 5.75 Å². The molecule has 0 atom stereocenters. The van der Waals surface area contributed by atoms with E-state index in [0.717, 1.165) is 18.0 Å². The number of halogens is 1. The summed E-state index contributed by atoms with van der Waals surface area (Å²) in [6, 6.07) is 8.51. The molecule has 0 spiro atoms. The zero-order valence-electron chi connectivity index (χ0n) is 13.4. The first-order valence-electron chi connectivity index (χ1n) is 7.76. The Labute approximate surface area is 142 Å². The van der Waals surface area contributed by atoms with E-state index in [1.54, 1.807) is 0 Å². The average Bonchev–Trinajstić information content (AvgIpc) is 2.80. The van der Waals surface area contributed by atoms with Crippen molar-refractivity contribution < 1.29 is 4.74 Å². The molecular formula is C18H23BrN2O. The SMILES string of the molecule is Br.CCCCn1c2cc(OCC)ccc2c2ccnc(C)c21. The minimum Gasteiger partial charge on any atom is -0.494 e. The highest BCUT2D eigenvalue weighted by Crippen LogP contribution is 2.32. The number of aryl methyl sites for hydroxylation is 2. The van der Waals surface area contributed by atoms with Crippen LogP contribution < -0.4 is 4.74 Å². The third kappa shape index (κ3) is 2.84. The zero-order chi connectivity index (χ0) is 14.8. The number of rotatable bonds is 5. The van der Waals surface area contributed by atoms with Gasteiger partial charge in [-0.2, -0.15) is 0 Å². The van der Waals surface area contributed by atoms with Gasteiger partial charge in [0.1, 0.15) is 5.75 Å². The third-order valence-electron chi connectivity index (χ3n) is 3.97. The predicted octanol–water partition coefficient (Wildman–Crippen LogP) is 5.27. The highest BCUT2D eigenvalue weighted by Gasteiger charge is 2.13. The summed E-state index contributed by atoms with van der Waals surface area (Å²) in [4.78, 5) is 4.48. The minimum absolute atomic E-state index is 0. The van der Waals surface area contributed by atoms with E-state index in [9.17, 15) is 0 Å². The van der Waals surface area contributed by atoms with Crippen molar-refractivity contribution >= 4 is 38.8 Å². The first kappa shape index (κ1) is 16.8. The van der Waals surface area contributed by atoms with Crippen LogP contribution >= 0.6 is 17.0 Å². The summed E-state index contributed by atoms with van der Waals surface area (Å²) in [6.07, 6.45) is 4.26. The van der Waals surface area contributed by atoms with Gasteiger partial charge in [-0.05, 0) is 38.5 Å². The lowest BCUT2D eigenvalue weighted by atomic mass is 10.1. The number of hydrogen-bond donors (Lipinski definition) is 0. The largest absolute Gasteiger partial charge is 0.494 e. The van der Waals surface area contributed by atoms with Gasteiger partial charge in [0.25, 0.3) is 0 Å². The van der Waals surface area contributed by atoms with Gasteiger partial charge in [-0.15, -0.1) is 17.0 Å². The summed E-state index contributed by atoms with van der Waals surface area (Å²) >= 11 is 0. The second kappa shape index (κ2) is 7.14. The number of pyridine rings is 1. The Balaban J connectivity index is 0.00000176. The van der Waals surface area contributed by atoms with Crippen LogP contribution in [0.1, 0.15) is 32.4 Å². The van der Waals surface area contributed by atoms with Gasteiger partial charge in [0.15, 0.2) is 0 Å². The first-order chi connectivity index (χ1) is 10.3. The van der Waals surface area contributed by atoms with Gasteiger partial charge < -0.3 is 9.30 Å². The Morgan fingerprint density at radius 2 is 1.95 bits per heavy atom. The standard InChI is InChI=1S/C18H22N2O.BrH/c1-4-6-11-20-17-12-14(21-5-2)7-8-15(17)16-9-10-19-13(3)18(16)20;/h7-10,12H,4-6,11H2,1-3H3;1H. The Hall–Kier alpha value is -1.55. The number of ether oxygens (including phenoxy) is 1. The molecule has 0 bridgehead atoms. The van der Waals surface area contributed by atoms with E-state index < -0.39 is 0 Å². The second-order valence-electron chi connectivity index (χ2n) is 5.41. The van der Waals surface area contributed by atoms with Crippen LogP contribution in [-0.2, 0) is 6.54 Å². The molecule has 0 saturated carbocycles. The lowest BCUT2D eigenvalue weighted by Crippen LogP contribution is -1.99. The van der Waals surface area contributed by atoms with Crippen molar-refractivity contribution in [2.45, 2.75) is 40.2 Å². The summed E-state index contributed by atoms with van der Waals surface area (Å²) in [7, 11) is 0. The first-order valence-corrected chi connectivity index (χ1v) is 7.76. The summed E-state index contributed by atoms with van der Waals surface area (Å²) in [5.74, 6) is 0.941. The van der Waals surface area contributed by atoms with Crippen LogP contribution in [-0.4, -0.2) is 16.2 Å². The van der Waals surface area contributed by atoms with Gasteiger partial charge in [0.2, 0.25) is 0 Å². The maximum absolute atomic E-state index is 5.67. The molecule has 0 radical (unpaired) electrons. The van der Waals surface area contributed by atoms with Crippen LogP contribution in [0, 0.1) is 6.92 Å². The molecule has 3 nitrogen and oxygen atoms in total. The van der Waals surface area contributed by atoms with Gasteiger partial charge in [-0.1, -0.05) is 13.3 Å². The number of benzene rings is 1. The van der Waals surface area contributed by atoms with Crippen molar-refractivity contribution in [3.63, 3.8) is 0 Å². The van der Waals surface area contributed by atoms with Crippen LogP contribution in [0.2, 0.25) is 0 Å². The van der Waals surface area contributed by atoms with Crippen LogP contribution in [0.15, 0.2) is 30.5 Å². The molecule has 0 fully saturated rings. The predicted molar refractivity (Wildman–Crippen MR) is 98.4 cm³/mol. The summed E-state index contributed by atoms with van der Waals surface area (Å²) in [5, 5.41) is 2.58. The van der Waals surface area contributed by atoms with Crippen molar-refractivity contribution in [1.29, 1.82) is 0 Å². The molecule has 2 heterocycles. The molecule has 0 aliphatic rings. The second-order valence-corrected chi connectivity index (χ2v) is 5.41. The van der Waals surface area contributed by atoms with E-state index in [-0.39, 0.29) is 17.0 Å². The van der Waals surface area contributed by atoms with E-state index in [2.05, 4.69) is 47.7 Å². The Morgan fingerprint density at radius 3 is 2.68 bits per heavy atom. The van der Waals surface area contributed by atoms with Gasteiger partial charge in [0.05, 0.1) is 23.3 Å². The lowest BCUT2D eigenvalue weighted by molar-refractivity contribution is 0.340. The van der Waals surface area contributed by atoms with Gasteiger partial charge in [-0.25, -0.2) is 0 Å². The molecule has 0 aliphatic carbocycles. The van der Waals surface area contributed by atoms with E-state index in [0.29, 0.717) is 6.61 Å². The molecule has 1 aromatic carbocycles. The van der Waals surface area contributed by atoms with Crippen molar-refractivity contribution in [3.05, 3.63) is 36.2 Å². The number of aromatic nitrogens is 2. The van der Waals surface area contributed by atoms with Crippen LogP contribution in [0.5, 0.6) is 5.75 Å². The summed E-state index contributed by atoms with van der Waals surface area (Å²) < 4.78 is 8.07. The maximum Gasteiger partial charge on any atom is 0.121 e. The number of hydrogen-bond acceptors (Lipinski definition) is 2. The molecule has 118 valence electrons. The van der Waals surface area contributed by atoms with Crippen molar-refractivity contribution in [1.82, 2.24) is 9.55 Å². The fourth-order valence-electron chi connectivity index (χ4n) is 3.00. The van der Waals surface area contributed by atoms with E-state index in [1.807, 2.05) is 13.1 Å². The smallest absolute Gasteiger partial charge is 0.121 e. The Kier molecular flexibility index (Phi) is 5.46. The van der Waals surface area contributed by atoms with Gasteiger partial charge in [0, 0.05) is 29.6 Å². The quantitative estimate of drug-likeness (QED) is 0.617. The summed E-state index contributed by atoms with van der Waals surface area (Å²) in [5.41, 5.74) is 3.60. The molecule has 3 rings (SSSR count). The fourth-order valence-corrected chi connectivity index (χ4v) is 3.00. The molecular weight excluding hydrogens is 340 g/mol. The van der Waals surface area contributed by atoms with E-state index in [4.69, 9.17) is 4.74 Å². The molecule has 0 saturated heterocycles. The van der Waals surface area contributed by atoms with Crippen LogP contribution in [0.25, 0.3) is 21.8 Å². The van der Waals surface area contributed by atoms with Gasteiger partial charge >= 0.3 is 0 Å². The van der Waals surface area contributed by atoms with Gasteiger partial charge in [-0.3, -0.25) is 4.98 Å². The molecule has 2 aromatic heterocycles. The number of fused-ring (bicyclic) bond motifs is 3. The highest BCUT2D eigenvalue weighted by atomic mass is 79.9. The monoisotopic (exact) mass is 362 g/mol. The molecule has 22 heavy (non-hydrogen) atoms. The topological polar surface area (TPSA) is 27.1 Å². The van der Waals surface area contributed by atoms with Crippen molar-refractivity contribution in [2.24, 2.45) is 0 Å². The fraction of sp³-hybridized carbons (Fsp3) is 0.389. The van der Waals surface area contributed by atoms with Crippen molar-refractivity contribution in [2.75, 3.05) is 6.61 Å². The van der Waals surface area contributed by atoms with E-state index in [1.165, 1.54) is 34.6 Å². The number of nitrogens with zero attached hydrogens (tertiary/aromatic N) is 2. The van der Waals surface area contributed by atoms with Crippen LogP contribution in [0.4, 0.5) is 0 Å². The molecule has 0 unspecified atom stereocenters.